The number of ether oxygens (including phenoxy) is 2. The summed E-state index contributed by atoms with van der Waals surface area (Å²) < 4.78 is 61.0. The van der Waals surface area contributed by atoms with E-state index in [9.17, 15) is 27.0 Å². The third-order valence-corrected chi connectivity index (χ3v) is 7.69. The van der Waals surface area contributed by atoms with Gasteiger partial charge in [0.15, 0.2) is 5.75 Å². The van der Waals surface area contributed by atoms with E-state index in [2.05, 4.69) is 4.72 Å². The molecule has 1 aromatic rings. The summed E-state index contributed by atoms with van der Waals surface area (Å²) in [7, 11) is -7.37. The molecule has 0 aliphatic heterocycles. The number of hydrogen-bond donors (Lipinski definition) is 3. The van der Waals surface area contributed by atoms with E-state index in [0.29, 0.717) is 0 Å². The molecule has 0 radical (unpaired) electrons. The van der Waals surface area contributed by atoms with E-state index in [1.54, 1.807) is 0 Å². The molecule has 0 fully saturated rings. The first-order valence-corrected chi connectivity index (χ1v) is 14.2. The maximum absolute atomic E-state index is 13.0. The van der Waals surface area contributed by atoms with Gasteiger partial charge in [-0.15, -0.1) is 11.6 Å². The van der Waals surface area contributed by atoms with Crippen molar-refractivity contribution in [2.45, 2.75) is 29.6 Å². The fraction of sp³-hybridized carbons (Fsp3) is 0.474. The highest BCUT2D eigenvalue weighted by molar-refractivity contribution is 7.95. The number of rotatable bonds is 12. The van der Waals surface area contributed by atoms with Crippen LogP contribution in [-0.4, -0.2) is 77.3 Å². The summed E-state index contributed by atoms with van der Waals surface area (Å²) in [6.45, 7) is -0.501. The van der Waals surface area contributed by atoms with Crippen LogP contribution in [0.2, 0.25) is 10.0 Å². The van der Waals surface area contributed by atoms with Gasteiger partial charge in [0, 0.05) is 6.54 Å². The number of aliphatic hydroxyl groups is 2. The number of aliphatic hydroxyl groups excluding tert-OH is 2. The molecule has 3 N–H and O–H groups in total. The Bertz CT molecular complexity index is 1080. The van der Waals surface area contributed by atoms with E-state index in [0.717, 1.165) is 6.26 Å². The Morgan fingerprint density at radius 2 is 1.76 bits per heavy atom. The normalized spacial score (nSPS) is 18.6. The van der Waals surface area contributed by atoms with Crippen LogP contribution in [-0.2, 0) is 24.6 Å². The number of allylic oxidation sites excluding steroid dienone is 1. The van der Waals surface area contributed by atoms with Gasteiger partial charge in [0.25, 0.3) is 0 Å². The van der Waals surface area contributed by atoms with Crippen LogP contribution < -0.4 is 9.46 Å². The van der Waals surface area contributed by atoms with Gasteiger partial charge in [-0.1, -0.05) is 35.4 Å². The van der Waals surface area contributed by atoms with Gasteiger partial charge in [0.05, 0.1) is 50.8 Å². The molecule has 186 valence electrons. The minimum Gasteiger partial charge on any atom is -0.488 e. The molecule has 1 unspecified atom stereocenters. The molecule has 1 aliphatic carbocycles. The number of alkyl halides is 1. The highest BCUT2D eigenvalue weighted by Gasteiger charge is 2.25. The molecule has 0 bridgehead atoms. The van der Waals surface area contributed by atoms with Gasteiger partial charge < -0.3 is 19.7 Å². The predicted octanol–water partition coefficient (Wildman–Crippen LogP) is 1.88. The summed E-state index contributed by atoms with van der Waals surface area (Å²) in [6, 6.07) is 2.40. The summed E-state index contributed by atoms with van der Waals surface area (Å²) in [4.78, 5) is -0.125. The van der Waals surface area contributed by atoms with Crippen molar-refractivity contribution in [3.63, 3.8) is 0 Å². The zero-order valence-electron chi connectivity index (χ0n) is 17.4. The van der Waals surface area contributed by atoms with Crippen LogP contribution >= 0.6 is 34.8 Å². The zero-order chi connectivity index (χ0) is 24.8. The molecule has 9 nitrogen and oxygen atoms in total. The fourth-order valence-electron chi connectivity index (χ4n) is 2.63. The second-order valence-electron chi connectivity index (χ2n) is 7.19. The maximum atomic E-state index is 13.0. The van der Waals surface area contributed by atoms with Crippen molar-refractivity contribution >= 4 is 54.7 Å². The first-order chi connectivity index (χ1) is 15.3. The number of sulfonamides is 1. The van der Waals surface area contributed by atoms with E-state index in [1.165, 1.54) is 30.4 Å². The van der Waals surface area contributed by atoms with Gasteiger partial charge in [-0.05, 0) is 24.6 Å². The third-order valence-electron chi connectivity index (χ3n) is 4.30. The van der Waals surface area contributed by atoms with Crippen LogP contribution in [0.1, 0.15) is 6.42 Å². The van der Waals surface area contributed by atoms with E-state index < -0.39 is 38.2 Å². The molecule has 0 spiro atoms. The van der Waals surface area contributed by atoms with Gasteiger partial charge in [-0.2, -0.15) is 0 Å². The van der Waals surface area contributed by atoms with E-state index in [-0.39, 0.29) is 57.7 Å². The van der Waals surface area contributed by atoms with E-state index in [1.807, 2.05) is 0 Å². The molecular weight excluding hydrogens is 541 g/mol. The molecule has 1 aromatic carbocycles. The van der Waals surface area contributed by atoms with Crippen molar-refractivity contribution in [1.82, 2.24) is 4.72 Å². The van der Waals surface area contributed by atoms with Crippen molar-refractivity contribution < 1.29 is 36.5 Å². The second-order valence-corrected chi connectivity index (χ2v) is 12.1. The summed E-state index contributed by atoms with van der Waals surface area (Å²) in [5, 5.41) is 19.2. The Morgan fingerprint density at radius 3 is 2.27 bits per heavy atom. The topological polar surface area (TPSA) is 139 Å². The number of halogens is 3. The maximum Gasteiger partial charge on any atom is 0.208 e. The molecular formula is C19H24Cl3NO8S2. The summed E-state index contributed by atoms with van der Waals surface area (Å²) >= 11 is 17.8. The lowest BCUT2D eigenvalue weighted by molar-refractivity contribution is 0.0130. The molecule has 0 aromatic heterocycles. The molecule has 14 heteroatoms. The highest BCUT2D eigenvalue weighted by Crippen LogP contribution is 2.37. The van der Waals surface area contributed by atoms with Crippen LogP contribution in [0.5, 0.6) is 5.75 Å². The lowest BCUT2D eigenvalue weighted by Crippen LogP contribution is -2.34. The molecule has 3 atom stereocenters. The Labute approximate surface area is 207 Å². The van der Waals surface area contributed by atoms with Crippen LogP contribution in [0, 0.1) is 0 Å². The Balaban J connectivity index is 2.02. The van der Waals surface area contributed by atoms with Gasteiger partial charge >= 0.3 is 0 Å². The first-order valence-electron chi connectivity index (χ1n) is 9.57. The number of nitrogens with one attached hydrogen (secondary N) is 1. The monoisotopic (exact) mass is 563 g/mol. The first kappa shape index (κ1) is 28.3. The summed E-state index contributed by atoms with van der Waals surface area (Å²) in [5.74, 6) is -0.0179. The molecule has 0 heterocycles. The van der Waals surface area contributed by atoms with Crippen molar-refractivity contribution in [1.29, 1.82) is 0 Å². The lowest BCUT2D eigenvalue weighted by atomic mass is 10.1. The molecule has 2 rings (SSSR count). The number of hydrogen-bond acceptors (Lipinski definition) is 8. The second kappa shape index (κ2) is 12.2. The highest BCUT2D eigenvalue weighted by atomic mass is 35.5. The summed E-state index contributed by atoms with van der Waals surface area (Å²) in [5.41, 5.74) is 0. The molecule has 33 heavy (non-hydrogen) atoms. The average Bonchev–Trinajstić information content (AvgIpc) is 2.75. The zero-order valence-corrected chi connectivity index (χ0v) is 21.3. The van der Waals surface area contributed by atoms with Crippen molar-refractivity contribution in [3.05, 3.63) is 45.3 Å². The summed E-state index contributed by atoms with van der Waals surface area (Å²) in [6.07, 6.45) is 3.06. The van der Waals surface area contributed by atoms with Crippen LogP contribution in [0.25, 0.3) is 0 Å². The van der Waals surface area contributed by atoms with Gasteiger partial charge in [-0.3, -0.25) is 0 Å². The SMILES string of the molecule is CS(=O)(=O)NC[C@@H](O)COC1C=CC(S(=O)(=O)c2cc(Cl)c(OC[C@H](O)CCl)c(Cl)c2)=CC1. The van der Waals surface area contributed by atoms with E-state index >= 15 is 0 Å². The van der Waals surface area contributed by atoms with Crippen molar-refractivity contribution in [3.8, 4) is 5.75 Å². The Morgan fingerprint density at radius 1 is 1.12 bits per heavy atom. The predicted molar refractivity (Wildman–Crippen MR) is 126 cm³/mol. The Hall–Kier alpha value is -0.890. The quantitative estimate of drug-likeness (QED) is 0.327. The van der Waals surface area contributed by atoms with Gasteiger partial charge in [0.2, 0.25) is 19.9 Å². The third kappa shape index (κ3) is 8.68. The molecule has 1 aliphatic rings. The molecule has 0 amide bonds. The van der Waals surface area contributed by atoms with Gasteiger partial charge in [-0.25, -0.2) is 21.6 Å². The van der Waals surface area contributed by atoms with E-state index in [4.69, 9.17) is 44.3 Å². The standard InChI is InChI=1S/C19H24Cl3NO8S2/c1-32(26,27)23-9-13(25)11-30-14-2-4-15(5-3-14)33(28,29)16-6-17(21)19(18(22)7-16)31-10-12(24)8-20/h2,4-7,12-14,23-25H,3,8-11H2,1H3/t12-,13-,14?/m1/s1. The Kier molecular flexibility index (Phi) is 10.5. The van der Waals surface area contributed by atoms with Crippen LogP contribution in [0.3, 0.4) is 0 Å². The molecule has 0 saturated heterocycles. The van der Waals surface area contributed by atoms with Crippen molar-refractivity contribution in [2.75, 3.05) is 31.9 Å². The minimum atomic E-state index is -3.94. The fourth-order valence-corrected chi connectivity index (χ4v) is 5.34. The number of benzene rings is 1. The lowest BCUT2D eigenvalue weighted by Gasteiger charge is -2.20. The smallest absolute Gasteiger partial charge is 0.208 e. The average molecular weight is 565 g/mol. The van der Waals surface area contributed by atoms with Crippen LogP contribution in [0.15, 0.2) is 40.2 Å². The van der Waals surface area contributed by atoms with Crippen molar-refractivity contribution in [2.24, 2.45) is 0 Å². The van der Waals surface area contributed by atoms with Crippen LogP contribution in [0.4, 0.5) is 0 Å². The molecule has 0 saturated carbocycles. The minimum absolute atomic E-state index is 0.0139. The van der Waals surface area contributed by atoms with Gasteiger partial charge in [0.1, 0.15) is 12.7 Å². The largest absolute Gasteiger partial charge is 0.488 e. The number of sulfone groups is 1.